The van der Waals surface area contributed by atoms with Gasteiger partial charge in [-0.25, -0.2) is 4.98 Å². The number of rotatable bonds is 3. The van der Waals surface area contributed by atoms with Gasteiger partial charge in [-0.1, -0.05) is 28.6 Å². The average Bonchev–Trinajstić information content (AvgIpc) is 3.36. The van der Waals surface area contributed by atoms with Gasteiger partial charge in [-0.05, 0) is 32.0 Å². The number of piperidine rings is 1. The highest BCUT2D eigenvalue weighted by molar-refractivity contribution is 7.22. The minimum atomic E-state index is 0.207. The molecule has 0 bridgehead atoms. The van der Waals surface area contributed by atoms with Crippen molar-refractivity contribution in [3.63, 3.8) is 0 Å². The predicted molar refractivity (Wildman–Crippen MR) is 106 cm³/mol. The molecule has 2 aliphatic rings. The summed E-state index contributed by atoms with van der Waals surface area (Å²) in [6.45, 7) is 4.86. The number of hydrogen-bond donors (Lipinski definition) is 1. The van der Waals surface area contributed by atoms with Gasteiger partial charge in [0, 0.05) is 38.6 Å². The fraction of sp³-hybridized carbons (Fsp3) is 0.526. The van der Waals surface area contributed by atoms with Crippen LogP contribution >= 0.6 is 11.3 Å². The van der Waals surface area contributed by atoms with E-state index in [0.29, 0.717) is 5.92 Å². The van der Waals surface area contributed by atoms with Crippen LogP contribution in [0.2, 0.25) is 0 Å². The third-order valence-corrected chi connectivity index (χ3v) is 6.76. The Morgan fingerprint density at radius 2 is 2.00 bits per heavy atom. The molecular weight excluding hydrogens is 360 g/mol. The van der Waals surface area contributed by atoms with Crippen molar-refractivity contribution in [2.45, 2.75) is 24.8 Å². The van der Waals surface area contributed by atoms with Crippen LogP contribution in [0.4, 0.5) is 5.13 Å². The Bertz CT molecular complexity index is 883. The predicted octanol–water partition coefficient (Wildman–Crippen LogP) is 2.64. The highest BCUT2D eigenvalue weighted by atomic mass is 32.1. The molecule has 1 unspecified atom stereocenters. The lowest BCUT2D eigenvalue weighted by Crippen LogP contribution is -2.44. The highest BCUT2D eigenvalue weighted by Crippen LogP contribution is 2.34. The number of hydrogen-bond acceptors (Lipinski definition) is 8. The van der Waals surface area contributed by atoms with Gasteiger partial charge in [0.1, 0.15) is 0 Å². The summed E-state index contributed by atoms with van der Waals surface area (Å²) in [6.07, 6.45) is 2.05. The van der Waals surface area contributed by atoms with E-state index in [-0.39, 0.29) is 6.04 Å². The quantitative estimate of drug-likeness (QED) is 0.744. The summed E-state index contributed by atoms with van der Waals surface area (Å²) < 4.78 is 6.90. The zero-order valence-electron chi connectivity index (χ0n) is 15.5. The minimum Gasteiger partial charge on any atom is -0.348 e. The molecule has 2 aliphatic heterocycles. The molecule has 2 fully saturated rings. The van der Waals surface area contributed by atoms with E-state index in [1.165, 1.54) is 4.70 Å². The topological polar surface area (TPSA) is 70.3 Å². The summed E-state index contributed by atoms with van der Waals surface area (Å²) in [7, 11) is 2.12. The summed E-state index contributed by atoms with van der Waals surface area (Å²) in [5.41, 5.74) is 1.09. The van der Waals surface area contributed by atoms with Crippen LogP contribution in [0, 0.1) is 0 Å². The molecule has 1 atom stereocenters. The zero-order valence-corrected chi connectivity index (χ0v) is 16.3. The molecular formula is C19H24N6OS. The van der Waals surface area contributed by atoms with Crippen LogP contribution in [0.15, 0.2) is 28.8 Å². The van der Waals surface area contributed by atoms with E-state index in [1.54, 1.807) is 11.3 Å². The second-order valence-corrected chi connectivity index (χ2v) is 8.43. The van der Waals surface area contributed by atoms with Crippen LogP contribution in [0.3, 0.4) is 0 Å². The van der Waals surface area contributed by atoms with Crippen LogP contribution in [-0.4, -0.2) is 59.8 Å². The Kier molecular flexibility index (Phi) is 4.55. The second kappa shape index (κ2) is 7.18. The summed E-state index contributed by atoms with van der Waals surface area (Å²) >= 11 is 1.77. The average molecular weight is 385 g/mol. The Morgan fingerprint density at radius 1 is 1.15 bits per heavy atom. The van der Waals surface area contributed by atoms with Gasteiger partial charge in [-0.2, -0.15) is 4.98 Å². The number of fused-ring (bicyclic) bond motifs is 1. The van der Waals surface area contributed by atoms with Gasteiger partial charge in [0.05, 0.1) is 16.3 Å². The maximum absolute atomic E-state index is 5.65. The summed E-state index contributed by atoms with van der Waals surface area (Å²) in [4.78, 5) is 14.2. The standard InChI is InChI=1S/C19H24N6OS/c1-24-11-8-20-12-15(24)17-22-18(26-23-17)13-6-9-25(10-7-13)19-21-14-4-2-3-5-16(14)27-19/h2-5,13,15,20H,6-12H2,1H3. The number of benzene rings is 1. The minimum absolute atomic E-state index is 0.207. The molecule has 142 valence electrons. The molecule has 2 saturated heterocycles. The molecule has 2 aromatic heterocycles. The molecule has 3 aromatic rings. The Labute approximate surface area is 162 Å². The van der Waals surface area contributed by atoms with Crippen molar-refractivity contribution in [2.24, 2.45) is 0 Å². The van der Waals surface area contributed by atoms with Gasteiger partial charge in [0.25, 0.3) is 0 Å². The van der Waals surface area contributed by atoms with Crippen LogP contribution in [0.1, 0.15) is 36.5 Å². The van der Waals surface area contributed by atoms with Crippen molar-refractivity contribution in [3.8, 4) is 0 Å². The van der Waals surface area contributed by atoms with Crippen LogP contribution in [0.25, 0.3) is 10.2 Å². The van der Waals surface area contributed by atoms with Gasteiger partial charge in [-0.3, -0.25) is 4.90 Å². The number of nitrogens with one attached hydrogen (secondary N) is 1. The zero-order chi connectivity index (χ0) is 18.2. The number of nitrogens with zero attached hydrogens (tertiary/aromatic N) is 5. The molecule has 4 heterocycles. The lowest BCUT2D eigenvalue weighted by atomic mass is 9.97. The fourth-order valence-corrected chi connectivity index (χ4v) is 4.97. The van der Waals surface area contributed by atoms with Gasteiger partial charge in [0.15, 0.2) is 11.0 Å². The van der Waals surface area contributed by atoms with Crippen molar-refractivity contribution in [1.82, 2.24) is 25.3 Å². The molecule has 0 amide bonds. The van der Waals surface area contributed by atoms with E-state index in [4.69, 9.17) is 14.5 Å². The Hall–Kier alpha value is -2.03. The molecule has 5 rings (SSSR count). The smallest absolute Gasteiger partial charge is 0.229 e. The maximum Gasteiger partial charge on any atom is 0.229 e. The monoisotopic (exact) mass is 384 g/mol. The highest BCUT2D eigenvalue weighted by Gasteiger charge is 2.30. The van der Waals surface area contributed by atoms with Crippen LogP contribution in [0.5, 0.6) is 0 Å². The number of aromatic nitrogens is 3. The van der Waals surface area contributed by atoms with Crippen LogP contribution < -0.4 is 10.2 Å². The number of thiazole rings is 1. The molecule has 8 heteroatoms. The van der Waals surface area contributed by atoms with Gasteiger partial charge in [-0.15, -0.1) is 0 Å². The number of likely N-dealkylation sites (N-methyl/N-ethyl adjacent to an activating group) is 1. The van der Waals surface area contributed by atoms with Crippen molar-refractivity contribution in [3.05, 3.63) is 36.0 Å². The van der Waals surface area contributed by atoms with Crippen molar-refractivity contribution < 1.29 is 4.52 Å². The molecule has 27 heavy (non-hydrogen) atoms. The number of para-hydroxylation sites is 1. The molecule has 7 nitrogen and oxygen atoms in total. The number of piperazine rings is 1. The normalized spacial score (nSPS) is 22.6. The van der Waals surface area contributed by atoms with Crippen molar-refractivity contribution >= 4 is 26.7 Å². The van der Waals surface area contributed by atoms with E-state index in [1.807, 2.05) is 6.07 Å². The lowest BCUT2D eigenvalue weighted by Gasteiger charge is -2.31. The van der Waals surface area contributed by atoms with Gasteiger partial charge in [0.2, 0.25) is 5.89 Å². The summed E-state index contributed by atoms with van der Waals surface area (Å²) in [5, 5.41) is 8.81. The largest absolute Gasteiger partial charge is 0.348 e. The van der Waals surface area contributed by atoms with Crippen molar-refractivity contribution in [2.75, 3.05) is 44.7 Å². The van der Waals surface area contributed by atoms with Gasteiger partial charge >= 0.3 is 0 Å². The summed E-state index contributed by atoms with van der Waals surface area (Å²) in [5.74, 6) is 1.96. The molecule has 1 aromatic carbocycles. The van der Waals surface area contributed by atoms with E-state index in [2.05, 4.69) is 45.5 Å². The number of anilines is 1. The SMILES string of the molecule is CN1CCNCC1c1noc(C2CCN(c3nc4ccccc4s3)CC2)n1. The first-order chi connectivity index (χ1) is 13.3. The first-order valence-electron chi connectivity index (χ1n) is 9.63. The second-order valence-electron chi connectivity index (χ2n) is 7.42. The molecule has 0 spiro atoms. The maximum atomic E-state index is 5.65. The van der Waals surface area contributed by atoms with Crippen LogP contribution in [-0.2, 0) is 0 Å². The van der Waals surface area contributed by atoms with E-state index in [0.717, 1.165) is 67.9 Å². The van der Waals surface area contributed by atoms with E-state index in [9.17, 15) is 0 Å². The van der Waals surface area contributed by atoms with E-state index >= 15 is 0 Å². The lowest BCUT2D eigenvalue weighted by molar-refractivity contribution is 0.190. The third-order valence-electron chi connectivity index (χ3n) is 5.66. The molecule has 0 saturated carbocycles. The molecule has 1 N–H and O–H groups in total. The van der Waals surface area contributed by atoms with Crippen molar-refractivity contribution in [1.29, 1.82) is 0 Å². The third kappa shape index (κ3) is 3.33. The molecule has 0 radical (unpaired) electrons. The molecule has 0 aliphatic carbocycles. The van der Waals surface area contributed by atoms with E-state index < -0.39 is 0 Å². The summed E-state index contributed by atoms with van der Waals surface area (Å²) in [6, 6.07) is 8.55. The first kappa shape index (κ1) is 17.1. The Morgan fingerprint density at radius 3 is 2.81 bits per heavy atom. The van der Waals surface area contributed by atoms with Gasteiger partial charge < -0.3 is 14.7 Å². The first-order valence-corrected chi connectivity index (χ1v) is 10.4. The Balaban J connectivity index is 1.25. The fourth-order valence-electron chi connectivity index (χ4n) is 3.96.